The van der Waals surface area contributed by atoms with Crippen LogP contribution in [0.25, 0.3) is 0 Å². The molecule has 1 aromatic carbocycles. The lowest BCUT2D eigenvalue weighted by Crippen LogP contribution is -2.41. The average Bonchev–Trinajstić information content (AvgIpc) is 3.02. The van der Waals surface area contributed by atoms with Gasteiger partial charge in [-0.15, -0.1) is 0 Å². The second kappa shape index (κ2) is 6.35. The fourth-order valence-electron chi connectivity index (χ4n) is 2.67. The number of aryl methyl sites for hydroxylation is 1. The standard InChI is InChI=1S/C19H24BNO4/c1-13-11-14(20-24-18(2,3)19(4,5)25-20)17(23-13)12-21-15-9-7-8-10-16(15)22-6/h7-12H,1-6H3. The number of ether oxygens (including phenoxy) is 1. The zero-order valence-corrected chi connectivity index (χ0v) is 15.6. The Morgan fingerprint density at radius 1 is 1.08 bits per heavy atom. The van der Waals surface area contributed by atoms with Gasteiger partial charge in [0.2, 0.25) is 0 Å². The zero-order valence-electron chi connectivity index (χ0n) is 15.6. The third-order valence-corrected chi connectivity index (χ3v) is 4.83. The lowest BCUT2D eigenvalue weighted by Gasteiger charge is -2.32. The summed E-state index contributed by atoms with van der Waals surface area (Å²) in [7, 11) is 1.14. The van der Waals surface area contributed by atoms with Crippen molar-refractivity contribution in [1.82, 2.24) is 0 Å². The second-order valence-electron chi connectivity index (χ2n) is 7.19. The third kappa shape index (κ3) is 3.37. The minimum Gasteiger partial charge on any atom is -0.494 e. The first-order chi connectivity index (χ1) is 11.7. The van der Waals surface area contributed by atoms with Gasteiger partial charge in [-0.05, 0) is 52.8 Å². The Kier molecular flexibility index (Phi) is 4.52. The van der Waals surface area contributed by atoms with Crippen molar-refractivity contribution in [3.05, 3.63) is 41.9 Å². The molecule has 1 saturated heterocycles. The van der Waals surface area contributed by atoms with Crippen LogP contribution in [0.2, 0.25) is 0 Å². The fraction of sp³-hybridized carbons (Fsp3) is 0.421. The molecule has 3 rings (SSSR count). The Labute approximate surface area is 149 Å². The van der Waals surface area contributed by atoms with Crippen molar-refractivity contribution >= 4 is 24.5 Å². The molecule has 132 valence electrons. The van der Waals surface area contributed by atoms with Gasteiger partial charge in [0.15, 0.2) is 0 Å². The van der Waals surface area contributed by atoms with Gasteiger partial charge in [-0.3, -0.25) is 0 Å². The Morgan fingerprint density at radius 2 is 1.72 bits per heavy atom. The minimum atomic E-state index is -0.485. The SMILES string of the molecule is COc1ccccc1N=Cc1oc(C)cc1B1OC(C)(C)C(C)(C)O1. The third-order valence-electron chi connectivity index (χ3n) is 4.83. The van der Waals surface area contributed by atoms with Crippen molar-refractivity contribution in [2.24, 2.45) is 4.99 Å². The van der Waals surface area contributed by atoms with E-state index in [1.54, 1.807) is 13.3 Å². The van der Waals surface area contributed by atoms with E-state index in [4.69, 9.17) is 18.5 Å². The molecule has 1 aliphatic heterocycles. The van der Waals surface area contributed by atoms with Gasteiger partial charge < -0.3 is 18.5 Å². The average molecular weight is 341 g/mol. The molecule has 1 fully saturated rings. The number of aliphatic imine (C=N–C) groups is 1. The van der Waals surface area contributed by atoms with E-state index in [9.17, 15) is 0 Å². The lowest BCUT2D eigenvalue weighted by molar-refractivity contribution is 0.00578. The first-order valence-electron chi connectivity index (χ1n) is 8.36. The molecule has 0 spiro atoms. The molecular weight excluding hydrogens is 317 g/mol. The van der Waals surface area contributed by atoms with E-state index in [0.29, 0.717) is 11.5 Å². The monoisotopic (exact) mass is 341 g/mol. The van der Waals surface area contributed by atoms with E-state index in [2.05, 4.69) is 4.99 Å². The Morgan fingerprint density at radius 3 is 2.36 bits per heavy atom. The van der Waals surface area contributed by atoms with Crippen LogP contribution in [-0.2, 0) is 9.31 Å². The smallest absolute Gasteiger partial charge is 0.494 e. The number of benzene rings is 1. The van der Waals surface area contributed by atoms with Crippen LogP contribution >= 0.6 is 0 Å². The highest BCUT2D eigenvalue weighted by atomic mass is 16.7. The molecule has 0 bridgehead atoms. The van der Waals surface area contributed by atoms with Crippen molar-refractivity contribution in [2.75, 3.05) is 7.11 Å². The number of rotatable bonds is 4. The van der Waals surface area contributed by atoms with Gasteiger partial charge in [-0.25, -0.2) is 4.99 Å². The molecule has 2 heterocycles. The molecule has 6 heteroatoms. The summed E-state index contributed by atoms with van der Waals surface area (Å²) in [5.41, 5.74) is 0.772. The molecule has 0 aliphatic carbocycles. The highest BCUT2D eigenvalue weighted by molar-refractivity contribution is 6.63. The molecular formula is C19H24BNO4. The Bertz CT molecular complexity index is 778. The Hall–Kier alpha value is -2.05. The molecule has 0 radical (unpaired) electrons. The molecule has 5 nitrogen and oxygen atoms in total. The van der Waals surface area contributed by atoms with Gasteiger partial charge >= 0.3 is 7.12 Å². The molecule has 0 atom stereocenters. The minimum absolute atomic E-state index is 0.403. The van der Waals surface area contributed by atoms with E-state index in [1.807, 2.05) is 65.0 Å². The van der Waals surface area contributed by atoms with Crippen LogP contribution < -0.4 is 10.2 Å². The summed E-state index contributed by atoms with van der Waals surface area (Å²) in [4.78, 5) is 4.51. The number of furan rings is 1. The normalized spacial score (nSPS) is 18.9. The summed E-state index contributed by atoms with van der Waals surface area (Å²) >= 11 is 0. The van der Waals surface area contributed by atoms with Crippen LogP contribution in [0, 0.1) is 6.92 Å². The first-order valence-corrected chi connectivity index (χ1v) is 8.36. The van der Waals surface area contributed by atoms with Gasteiger partial charge in [-0.1, -0.05) is 12.1 Å². The fourth-order valence-corrected chi connectivity index (χ4v) is 2.67. The maximum Gasteiger partial charge on any atom is 0.498 e. The van der Waals surface area contributed by atoms with Crippen LogP contribution in [0.5, 0.6) is 5.75 Å². The van der Waals surface area contributed by atoms with Crippen LogP contribution in [-0.4, -0.2) is 31.6 Å². The number of para-hydroxylation sites is 2. The summed E-state index contributed by atoms with van der Waals surface area (Å²) in [6, 6.07) is 9.52. The van der Waals surface area contributed by atoms with E-state index in [0.717, 1.165) is 16.9 Å². The molecule has 0 unspecified atom stereocenters. The molecule has 0 saturated carbocycles. The Balaban J connectivity index is 1.91. The van der Waals surface area contributed by atoms with Crippen molar-refractivity contribution in [3.8, 4) is 5.75 Å². The number of hydrogen-bond donors (Lipinski definition) is 0. The van der Waals surface area contributed by atoms with Gasteiger partial charge in [0.05, 0.1) is 24.5 Å². The van der Waals surface area contributed by atoms with E-state index < -0.39 is 18.3 Å². The van der Waals surface area contributed by atoms with Gasteiger partial charge in [0.1, 0.15) is 23.0 Å². The highest BCUT2D eigenvalue weighted by Gasteiger charge is 2.52. The van der Waals surface area contributed by atoms with E-state index >= 15 is 0 Å². The maximum absolute atomic E-state index is 6.13. The molecule has 25 heavy (non-hydrogen) atoms. The van der Waals surface area contributed by atoms with Crippen LogP contribution in [0.15, 0.2) is 39.7 Å². The summed E-state index contributed by atoms with van der Waals surface area (Å²) in [5, 5.41) is 0. The van der Waals surface area contributed by atoms with E-state index in [-0.39, 0.29) is 0 Å². The number of nitrogens with zero attached hydrogens (tertiary/aromatic N) is 1. The van der Waals surface area contributed by atoms with Gasteiger partial charge in [-0.2, -0.15) is 0 Å². The van der Waals surface area contributed by atoms with Crippen molar-refractivity contribution in [3.63, 3.8) is 0 Å². The van der Waals surface area contributed by atoms with Crippen LogP contribution in [0.4, 0.5) is 5.69 Å². The van der Waals surface area contributed by atoms with E-state index in [1.165, 1.54) is 0 Å². The number of methoxy groups -OCH3 is 1. The molecule has 0 amide bonds. The van der Waals surface area contributed by atoms with Crippen molar-refractivity contribution in [1.29, 1.82) is 0 Å². The maximum atomic E-state index is 6.13. The molecule has 0 N–H and O–H groups in total. The summed E-state index contributed by atoms with van der Waals surface area (Å²) in [6.45, 7) is 10.0. The molecule has 1 aromatic heterocycles. The predicted octanol–water partition coefficient (Wildman–Crippen LogP) is 3.65. The summed E-state index contributed by atoms with van der Waals surface area (Å²) in [5.74, 6) is 2.12. The van der Waals surface area contributed by atoms with Crippen LogP contribution in [0.3, 0.4) is 0 Å². The van der Waals surface area contributed by atoms with Crippen molar-refractivity contribution in [2.45, 2.75) is 45.8 Å². The quantitative estimate of drug-likeness (QED) is 0.629. The topological polar surface area (TPSA) is 53.2 Å². The number of hydrogen-bond acceptors (Lipinski definition) is 5. The molecule has 2 aromatic rings. The second-order valence-corrected chi connectivity index (χ2v) is 7.19. The lowest BCUT2D eigenvalue weighted by atomic mass is 9.79. The zero-order chi connectivity index (χ0) is 18.2. The van der Waals surface area contributed by atoms with Gasteiger partial charge in [0.25, 0.3) is 0 Å². The largest absolute Gasteiger partial charge is 0.498 e. The predicted molar refractivity (Wildman–Crippen MR) is 99.4 cm³/mol. The highest BCUT2D eigenvalue weighted by Crippen LogP contribution is 2.37. The molecule has 1 aliphatic rings. The first kappa shape index (κ1) is 17.8. The van der Waals surface area contributed by atoms with Crippen LogP contribution in [0.1, 0.15) is 39.2 Å². The van der Waals surface area contributed by atoms with Crippen molar-refractivity contribution < 1.29 is 18.5 Å². The van der Waals surface area contributed by atoms with Gasteiger partial charge in [0, 0.05) is 5.46 Å². The summed E-state index contributed by atoms with van der Waals surface area (Å²) < 4.78 is 23.4. The summed E-state index contributed by atoms with van der Waals surface area (Å²) in [6.07, 6.45) is 1.69.